The molecule has 3 rings (SSSR count). The van der Waals surface area contributed by atoms with Gasteiger partial charge in [-0.15, -0.1) is 0 Å². The Balaban J connectivity index is 1.65. The molecular formula is C25H19BrF3N3O3. The molecule has 0 spiro atoms. The summed E-state index contributed by atoms with van der Waals surface area (Å²) >= 11 is 3.41. The molecule has 3 aromatic rings. The van der Waals surface area contributed by atoms with Gasteiger partial charge in [0, 0.05) is 15.6 Å². The Morgan fingerprint density at radius 1 is 1.14 bits per heavy atom. The number of hydrogen-bond acceptors (Lipinski definition) is 5. The Hall–Kier alpha value is -3.84. The van der Waals surface area contributed by atoms with Crippen LogP contribution in [-0.4, -0.2) is 19.2 Å². The smallest absolute Gasteiger partial charge is 0.416 e. The Labute approximate surface area is 208 Å². The molecule has 35 heavy (non-hydrogen) atoms. The number of benzene rings is 3. The van der Waals surface area contributed by atoms with Crippen molar-refractivity contribution in [2.45, 2.75) is 19.2 Å². The molecule has 0 atom stereocenters. The van der Waals surface area contributed by atoms with Gasteiger partial charge in [-0.2, -0.15) is 23.5 Å². The molecule has 180 valence electrons. The van der Waals surface area contributed by atoms with Crippen LogP contribution < -0.4 is 14.9 Å². The van der Waals surface area contributed by atoms with E-state index < -0.39 is 17.6 Å². The van der Waals surface area contributed by atoms with Crippen molar-refractivity contribution in [1.29, 1.82) is 5.26 Å². The van der Waals surface area contributed by atoms with E-state index in [-0.39, 0.29) is 18.6 Å². The zero-order chi connectivity index (χ0) is 25.4. The summed E-state index contributed by atoms with van der Waals surface area (Å²) in [6, 6.07) is 17.1. The molecule has 0 aromatic heterocycles. The first kappa shape index (κ1) is 25.8. The maximum Gasteiger partial charge on any atom is 0.416 e. The highest BCUT2D eigenvalue weighted by molar-refractivity contribution is 9.10. The van der Waals surface area contributed by atoms with Crippen molar-refractivity contribution in [3.05, 3.63) is 93.0 Å². The van der Waals surface area contributed by atoms with E-state index in [1.54, 1.807) is 30.3 Å². The van der Waals surface area contributed by atoms with E-state index in [9.17, 15) is 23.2 Å². The molecule has 0 aliphatic heterocycles. The van der Waals surface area contributed by atoms with Crippen molar-refractivity contribution in [3.8, 4) is 17.6 Å². The number of carbonyl (C=O) groups excluding carboxylic acids is 1. The van der Waals surface area contributed by atoms with Crippen LogP contribution in [0.3, 0.4) is 0 Å². The van der Waals surface area contributed by atoms with Gasteiger partial charge in [-0.25, -0.2) is 5.43 Å². The van der Waals surface area contributed by atoms with Gasteiger partial charge in [0.1, 0.15) is 6.61 Å². The number of rotatable bonds is 8. The summed E-state index contributed by atoms with van der Waals surface area (Å²) < 4.78 is 50.3. The van der Waals surface area contributed by atoms with E-state index in [1.807, 2.05) is 6.07 Å². The quantitative estimate of drug-likeness (QED) is 0.294. The van der Waals surface area contributed by atoms with Crippen LogP contribution in [0.2, 0.25) is 0 Å². The molecular weight excluding hydrogens is 527 g/mol. The molecule has 0 aliphatic rings. The molecule has 0 radical (unpaired) electrons. The van der Waals surface area contributed by atoms with Gasteiger partial charge in [0.15, 0.2) is 11.5 Å². The number of hydrogen-bond donors (Lipinski definition) is 1. The fourth-order valence-electron chi connectivity index (χ4n) is 3.09. The summed E-state index contributed by atoms with van der Waals surface area (Å²) in [7, 11) is 1.47. The number of amides is 1. The van der Waals surface area contributed by atoms with Crippen LogP contribution in [0.5, 0.6) is 11.5 Å². The molecule has 0 fully saturated rings. The number of nitrogens with zero attached hydrogens (tertiary/aromatic N) is 2. The third-order valence-corrected chi connectivity index (χ3v) is 5.50. The lowest BCUT2D eigenvalue weighted by atomic mass is 10.1. The maximum atomic E-state index is 12.8. The Morgan fingerprint density at radius 2 is 1.91 bits per heavy atom. The fourth-order valence-corrected chi connectivity index (χ4v) is 3.51. The summed E-state index contributed by atoms with van der Waals surface area (Å²) in [5.41, 5.74) is 3.50. The monoisotopic (exact) mass is 545 g/mol. The molecule has 0 saturated carbocycles. The zero-order valence-electron chi connectivity index (χ0n) is 18.4. The zero-order valence-corrected chi connectivity index (χ0v) is 20.0. The number of nitriles is 1. The summed E-state index contributed by atoms with van der Waals surface area (Å²) in [6.45, 7) is 0.158. The first-order valence-corrected chi connectivity index (χ1v) is 11.0. The summed E-state index contributed by atoms with van der Waals surface area (Å²) in [4.78, 5) is 12.1. The third-order valence-electron chi connectivity index (χ3n) is 4.82. The lowest BCUT2D eigenvalue weighted by molar-refractivity contribution is -0.137. The molecule has 0 bridgehead atoms. The normalized spacial score (nSPS) is 11.2. The molecule has 0 aliphatic carbocycles. The Morgan fingerprint density at radius 3 is 2.63 bits per heavy atom. The van der Waals surface area contributed by atoms with E-state index in [2.05, 4.69) is 32.5 Å². The molecule has 0 unspecified atom stereocenters. The minimum absolute atomic E-state index is 0.158. The number of alkyl halides is 3. The van der Waals surface area contributed by atoms with Crippen molar-refractivity contribution in [2.24, 2.45) is 5.10 Å². The van der Waals surface area contributed by atoms with E-state index in [0.29, 0.717) is 27.1 Å². The summed E-state index contributed by atoms with van der Waals surface area (Å²) in [5, 5.41) is 13.1. The minimum Gasteiger partial charge on any atom is -0.493 e. The lowest BCUT2D eigenvalue weighted by Gasteiger charge is -2.13. The minimum atomic E-state index is -4.48. The average Bonchev–Trinajstić information content (AvgIpc) is 2.83. The predicted octanol–water partition coefficient (Wildman–Crippen LogP) is 5.62. The molecule has 10 heteroatoms. The van der Waals surface area contributed by atoms with Gasteiger partial charge >= 0.3 is 6.18 Å². The van der Waals surface area contributed by atoms with Crippen molar-refractivity contribution in [1.82, 2.24) is 5.43 Å². The first-order chi connectivity index (χ1) is 16.7. The van der Waals surface area contributed by atoms with Crippen LogP contribution in [0.4, 0.5) is 13.2 Å². The Bertz CT molecular complexity index is 1290. The number of hydrazone groups is 1. The SMILES string of the molecule is COc1cc(/C=N/NC(=O)Cc2cccc(C(F)(F)F)c2)c(Br)cc1OCc1ccccc1C#N. The van der Waals surface area contributed by atoms with Gasteiger partial charge in [-0.05, 0) is 45.8 Å². The van der Waals surface area contributed by atoms with Gasteiger partial charge in [-0.1, -0.05) is 36.4 Å². The van der Waals surface area contributed by atoms with Crippen molar-refractivity contribution >= 4 is 28.1 Å². The number of carbonyl (C=O) groups is 1. The Kier molecular flexibility index (Phi) is 8.49. The van der Waals surface area contributed by atoms with E-state index >= 15 is 0 Å². The number of ether oxygens (including phenoxy) is 2. The fraction of sp³-hybridized carbons (Fsp3) is 0.160. The standard InChI is InChI=1S/C25H19BrF3N3O3/c1-34-22-11-19(21(26)12-23(22)35-15-18-7-3-2-6-17(18)13-30)14-31-32-24(33)10-16-5-4-8-20(9-16)25(27,28)29/h2-9,11-12,14H,10,15H2,1H3,(H,32,33)/b31-14+. The molecule has 3 aromatic carbocycles. The molecule has 0 heterocycles. The van der Waals surface area contributed by atoms with Crippen LogP contribution in [0.25, 0.3) is 0 Å². The van der Waals surface area contributed by atoms with Crippen LogP contribution >= 0.6 is 15.9 Å². The van der Waals surface area contributed by atoms with E-state index in [0.717, 1.165) is 17.7 Å². The topological polar surface area (TPSA) is 83.7 Å². The van der Waals surface area contributed by atoms with Crippen molar-refractivity contribution in [2.75, 3.05) is 7.11 Å². The summed E-state index contributed by atoms with van der Waals surface area (Å²) in [5.74, 6) is 0.261. The second-order valence-corrected chi connectivity index (χ2v) is 8.10. The first-order valence-electron chi connectivity index (χ1n) is 10.2. The molecule has 1 N–H and O–H groups in total. The van der Waals surface area contributed by atoms with Crippen LogP contribution in [0.1, 0.15) is 27.8 Å². The number of methoxy groups -OCH3 is 1. The van der Waals surface area contributed by atoms with Crippen LogP contribution in [-0.2, 0) is 24.0 Å². The second kappa shape index (κ2) is 11.5. The van der Waals surface area contributed by atoms with Crippen LogP contribution in [0, 0.1) is 11.3 Å². The van der Waals surface area contributed by atoms with Gasteiger partial charge in [0.2, 0.25) is 5.91 Å². The number of halogens is 4. The largest absolute Gasteiger partial charge is 0.493 e. The summed E-state index contributed by atoms with van der Waals surface area (Å²) in [6.07, 6.45) is -3.38. The van der Waals surface area contributed by atoms with Gasteiger partial charge in [0.25, 0.3) is 0 Å². The second-order valence-electron chi connectivity index (χ2n) is 7.25. The maximum absolute atomic E-state index is 12.8. The molecule has 1 amide bonds. The molecule has 0 saturated heterocycles. The average molecular weight is 546 g/mol. The van der Waals surface area contributed by atoms with E-state index in [4.69, 9.17) is 9.47 Å². The van der Waals surface area contributed by atoms with Gasteiger partial charge in [-0.3, -0.25) is 4.79 Å². The van der Waals surface area contributed by atoms with Gasteiger partial charge in [0.05, 0.1) is 36.9 Å². The highest BCUT2D eigenvalue weighted by Gasteiger charge is 2.30. The van der Waals surface area contributed by atoms with Gasteiger partial charge < -0.3 is 9.47 Å². The number of nitrogens with one attached hydrogen (secondary N) is 1. The molecule has 6 nitrogen and oxygen atoms in total. The highest BCUT2D eigenvalue weighted by Crippen LogP contribution is 2.34. The van der Waals surface area contributed by atoms with Crippen molar-refractivity contribution < 1.29 is 27.4 Å². The van der Waals surface area contributed by atoms with Crippen molar-refractivity contribution in [3.63, 3.8) is 0 Å². The predicted molar refractivity (Wildman–Crippen MR) is 127 cm³/mol. The lowest BCUT2D eigenvalue weighted by Crippen LogP contribution is -2.20. The van der Waals surface area contributed by atoms with E-state index in [1.165, 1.54) is 25.5 Å². The third kappa shape index (κ3) is 7.07. The van der Waals surface area contributed by atoms with Crippen LogP contribution in [0.15, 0.2) is 70.2 Å². The highest BCUT2D eigenvalue weighted by atomic mass is 79.9.